The van der Waals surface area contributed by atoms with Crippen LogP contribution in [-0.2, 0) is 0 Å². The summed E-state index contributed by atoms with van der Waals surface area (Å²) < 4.78 is 4.91. The topological polar surface area (TPSA) is 42.2 Å². The Morgan fingerprint density at radius 3 is 3.14 bits per heavy atom. The van der Waals surface area contributed by atoms with Gasteiger partial charge < -0.3 is 9.73 Å². The zero-order valence-electron chi connectivity index (χ0n) is 8.16. The minimum Gasteiger partial charge on any atom is -0.472 e. The van der Waals surface area contributed by atoms with Crippen molar-refractivity contribution in [1.29, 1.82) is 0 Å². The van der Waals surface area contributed by atoms with Crippen LogP contribution in [0.15, 0.2) is 23.0 Å². The van der Waals surface area contributed by atoms with E-state index in [1.807, 2.05) is 0 Å². The SMILES string of the molecule is O=C(c1ccoc1)C1CCCCCN1. The largest absolute Gasteiger partial charge is 0.472 e. The van der Waals surface area contributed by atoms with Crippen LogP contribution in [0.2, 0.25) is 0 Å². The van der Waals surface area contributed by atoms with E-state index in [0.717, 1.165) is 19.4 Å². The first-order chi connectivity index (χ1) is 6.88. The minimum atomic E-state index is -0.00454. The van der Waals surface area contributed by atoms with Crippen LogP contribution in [0.25, 0.3) is 0 Å². The van der Waals surface area contributed by atoms with Gasteiger partial charge in [0.15, 0.2) is 5.78 Å². The van der Waals surface area contributed by atoms with Crippen molar-refractivity contribution in [2.45, 2.75) is 31.7 Å². The van der Waals surface area contributed by atoms with Gasteiger partial charge in [0.1, 0.15) is 6.26 Å². The molecule has 1 aromatic rings. The molecule has 0 aliphatic carbocycles. The molecule has 1 aliphatic heterocycles. The quantitative estimate of drug-likeness (QED) is 0.730. The Hall–Kier alpha value is -1.09. The number of hydrogen-bond donors (Lipinski definition) is 1. The molecule has 0 saturated carbocycles. The van der Waals surface area contributed by atoms with Gasteiger partial charge in [0.2, 0.25) is 0 Å². The summed E-state index contributed by atoms with van der Waals surface area (Å²) in [7, 11) is 0. The molecular formula is C11H15NO2. The third-order valence-electron chi connectivity index (χ3n) is 2.68. The maximum atomic E-state index is 11.9. The van der Waals surface area contributed by atoms with Crippen LogP contribution >= 0.6 is 0 Å². The number of hydrogen-bond acceptors (Lipinski definition) is 3. The van der Waals surface area contributed by atoms with Crippen molar-refractivity contribution in [1.82, 2.24) is 5.32 Å². The second kappa shape index (κ2) is 4.42. The lowest BCUT2D eigenvalue weighted by atomic mass is 10.0. The molecular weight excluding hydrogens is 178 g/mol. The minimum absolute atomic E-state index is 0.00454. The molecule has 2 rings (SSSR count). The second-order valence-corrected chi connectivity index (χ2v) is 3.73. The normalized spacial score (nSPS) is 23.0. The fourth-order valence-corrected chi connectivity index (χ4v) is 1.86. The van der Waals surface area contributed by atoms with E-state index < -0.39 is 0 Å². The molecule has 1 saturated heterocycles. The molecule has 2 heterocycles. The summed E-state index contributed by atoms with van der Waals surface area (Å²) in [6, 6.07) is 1.73. The van der Waals surface area contributed by atoms with Gasteiger partial charge in [-0.2, -0.15) is 0 Å². The van der Waals surface area contributed by atoms with Gasteiger partial charge in [-0.3, -0.25) is 4.79 Å². The second-order valence-electron chi connectivity index (χ2n) is 3.73. The Labute approximate surface area is 83.5 Å². The summed E-state index contributed by atoms with van der Waals surface area (Å²) in [5, 5.41) is 3.28. The van der Waals surface area contributed by atoms with Crippen LogP contribution in [0.4, 0.5) is 0 Å². The molecule has 14 heavy (non-hydrogen) atoms. The Balaban J connectivity index is 2.03. The van der Waals surface area contributed by atoms with Crippen LogP contribution in [0.5, 0.6) is 0 Å². The highest BCUT2D eigenvalue weighted by molar-refractivity contribution is 5.99. The number of ketones is 1. The monoisotopic (exact) mass is 193 g/mol. The lowest BCUT2D eigenvalue weighted by Gasteiger charge is -2.12. The van der Waals surface area contributed by atoms with Crippen LogP contribution in [0.1, 0.15) is 36.0 Å². The third kappa shape index (κ3) is 2.04. The maximum absolute atomic E-state index is 11.9. The summed E-state index contributed by atoms with van der Waals surface area (Å²) >= 11 is 0. The molecule has 0 aromatic carbocycles. The number of rotatable bonds is 2. The fourth-order valence-electron chi connectivity index (χ4n) is 1.86. The van der Waals surface area contributed by atoms with Gasteiger partial charge in [0.05, 0.1) is 17.9 Å². The Bertz CT molecular complexity index is 284. The highest BCUT2D eigenvalue weighted by Crippen LogP contribution is 2.13. The van der Waals surface area contributed by atoms with Crippen LogP contribution in [0, 0.1) is 0 Å². The Morgan fingerprint density at radius 2 is 2.36 bits per heavy atom. The lowest BCUT2D eigenvalue weighted by molar-refractivity contribution is 0.0940. The summed E-state index contributed by atoms with van der Waals surface area (Å²) in [4.78, 5) is 11.9. The summed E-state index contributed by atoms with van der Waals surface area (Å²) in [6.07, 6.45) is 7.56. The van der Waals surface area contributed by atoms with E-state index in [2.05, 4.69) is 5.32 Å². The summed E-state index contributed by atoms with van der Waals surface area (Å²) in [5.41, 5.74) is 0.685. The maximum Gasteiger partial charge on any atom is 0.182 e. The van der Waals surface area contributed by atoms with Gasteiger partial charge in [-0.1, -0.05) is 12.8 Å². The van der Waals surface area contributed by atoms with Crippen molar-refractivity contribution < 1.29 is 9.21 Å². The molecule has 3 heteroatoms. The average Bonchev–Trinajstić information content (AvgIpc) is 2.59. The van der Waals surface area contributed by atoms with E-state index in [0.29, 0.717) is 5.56 Å². The molecule has 0 amide bonds. The Kier molecular flexibility index (Phi) is 2.99. The van der Waals surface area contributed by atoms with Gasteiger partial charge in [-0.25, -0.2) is 0 Å². The highest BCUT2D eigenvalue weighted by Gasteiger charge is 2.21. The molecule has 0 bridgehead atoms. The molecule has 1 N–H and O–H groups in total. The van der Waals surface area contributed by atoms with Crippen molar-refractivity contribution in [3.05, 3.63) is 24.2 Å². The van der Waals surface area contributed by atoms with E-state index in [1.54, 1.807) is 12.3 Å². The first-order valence-electron chi connectivity index (χ1n) is 5.18. The molecule has 1 aliphatic rings. The first-order valence-corrected chi connectivity index (χ1v) is 5.18. The first kappa shape index (κ1) is 9.46. The van der Waals surface area contributed by atoms with Crippen molar-refractivity contribution in [3.8, 4) is 0 Å². The standard InChI is InChI=1S/C11H15NO2/c13-11(9-5-7-14-8-9)10-4-2-1-3-6-12-10/h5,7-8,10,12H,1-4,6H2. The number of nitrogens with one attached hydrogen (secondary N) is 1. The van der Waals surface area contributed by atoms with Crippen LogP contribution in [0.3, 0.4) is 0 Å². The van der Waals surface area contributed by atoms with Gasteiger partial charge in [0, 0.05) is 0 Å². The number of carbonyl (C=O) groups excluding carboxylic acids is 1. The van der Waals surface area contributed by atoms with E-state index in [1.165, 1.54) is 19.1 Å². The zero-order valence-corrected chi connectivity index (χ0v) is 8.16. The number of carbonyl (C=O) groups is 1. The smallest absolute Gasteiger partial charge is 0.182 e. The number of Topliss-reactive ketones (excluding diaryl/α,β-unsaturated/α-hetero) is 1. The van der Waals surface area contributed by atoms with Crippen molar-refractivity contribution in [2.75, 3.05) is 6.54 Å². The predicted molar refractivity (Wildman–Crippen MR) is 53.3 cm³/mol. The molecule has 0 radical (unpaired) electrons. The fraction of sp³-hybridized carbons (Fsp3) is 0.545. The predicted octanol–water partition coefficient (Wildman–Crippen LogP) is 1.99. The molecule has 1 unspecified atom stereocenters. The van der Waals surface area contributed by atoms with E-state index in [-0.39, 0.29) is 11.8 Å². The molecule has 0 spiro atoms. The molecule has 1 fully saturated rings. The lowest BCUT2D eigenvalue weighted by Crippen LogP contribution is -2.35. The van der Waals surface area contributed by atoms with Crippen LogP contribution < -0.4 is 5.32 Å². The third-order valence-corrected chi connectivity index (χ3v) is 2.68. The van der Waals surface area contributed by atoms with Crippen LogP contribution in [-0.4, -0.2) is 18.4 Å². The zero-order chi connectivity index (χ0) is 9.80. The highest BCUT2D eigenvalue weighted by atomic mass is 16.3. The number of furan rings is 1. The van der Waals surface area contributed by atoms with Gasteiger partial charge in [-0.05, 0) is 25.5 Å². The molecule has 1 atom stereocenters. The van der Waals surface area contributed by atoms with E-state index in [4.69, 9.17) is 4.42 Å². The van der Waals surface area contributed by atoms with E-state index >= 15 is 0 Å². The van der Waals surface area contributed by atoms with E-state index in [9.17, 15) is 4.79 Å². The van der Waals surface area contributed by atoms with Crippen molar-refractivity contribution in [2.24, 2.45) is 0 Å². The van der Waals surface area contributed by atoms with Gasteiger partial charge >= 0.3 is 0 Å². The molecule has 3 nitrogen and oxygen atoms in total. The van der Waals surface area contributed by atoms with Crippen molar-refractivity contribution in [3.63, 3.8) is 0 Å². The Morgan fingerprint density at radius 1 is 1.43 bits per heavy atom. The summed E-state index contributed by atoms with van der Waals surface area (Å²) in [6.45, 7) is 0.953. The average molecular weight is 193 g/mol. The molecule has 76 valence electrons. The van der Waals surface area contributed by atoms with Gasteiger partial charge in [0.25, 0.3) is 0 Å². The molecule has 1 aromatic heterocycles. The summed E-state index contributed by atoms with van der Waals surface area (Å²) in [5.74, 6) is 0.167. The van der Waals surface area contributed by atoms with Gasteiger partial charge in [-0.15, -0.1) is 0 Å². The van der Waals surface area contributed by atoms with Crippen molar-refractivity contribution >= 4 is 5.78 Å².